The summed E-state index contributed by atoms with van der Waals surface area (Å²) < 4.78 is 51.3. The van der Waals surface area contributed by atoms with E-state index in [2.05, 4.69) is 5.10 Å². The van der Waals surface area contributed by atoms with Crippen molar-refractivity contribution in [2.75, 3.05) is 7.11 Å². The molecule has 3 aromatic rings. The number of carbonyl (C=O) groups is 1. The Hall–Kier alpha value is -4.51. The van der Waals surface area contributed by atoms with Crippen LogP contribution in [0.3, 0.4) is 0 Å². The SMILES string of the molecule is COc1c(C#N)ccc(O[C@@H](C)C(F)(F)F)c1C(=O)N1Cc2cn(-c3ccc(C#N)cc3)nc2C1. The van der Waals surface area contributed by atoms with Gasteiger partial charge in [-0.2, -0.15) is 28.8 Å². The van der Waals surface area contributed by atoms with Crippen LogP contribution in [0.2, 0.25) is 0 Å². The number of fused-ring (bicyclic) bond motifs is 1. The van der Waals surface area contributed by atoms with Gasteiger partial charge in [-0.3, -0.25) is 4.79 Å². The summed E-state index contributed by atoms with van der Waals surface area (Å²) in [5.74, 6) is -1.13. The van der Waals surface area contributed by atoms with E-state index < -0.39 is 18.2 Å². The summed E-state index contributed by atoms with van der Waals surface area (Å²) in [7, 11) is 1.23. The first-order chi connectivity index (χ1) is 16.7. The molecular weight excluding hydrogens is 463 g/mol. The van der Waals surface area contributed by atoms with Crippen LogP contribution in [0.25, 0.3) is 5.69 Å². The molecule has 0 aliphatic carbocycles. The van der Waals surface area contributed by atoms with Crippen molar-refractivity contribution in [3.8, 4) is 29.3 Å². The number of alkyl halides is 3. The lowest BCUT2D eigenvalue weighted by atomic mass is 10.1. The average Bonchev–Trinajstić information content (AvgIpc) is 3.42. The first-order valence-corrected chi connectivity index (χ1v) is 10.4. The van der Waals surface area contributed by atoms with Crippen molar-refractivity contribution >= 4 is 5.91 Å². The highest BCUT2D eigenvalue weighted by Gasteiger charge is 2.40. The number of methoxy groups -OCH3 is 1. The Morgan fingerprint density at radius 3 is 2.40 bits per heavy atom. The van der Waals surface area contributed by atoms with E-state index in [0.717, 1.165) is 24.2 Å². The molecule has 1 aliphatic heterocycles. The van der Waals surface area contributed by atoms with E-state index >= 15 is 0 Å². The van der Waals surface area contributed by atoms with Crippen LogP contribution in [0.15, 0.2) is 42.6 Å². The van der Waals surface area contributed by atoms with E-state index in [9.17, 15) is 23.2 Å². The third kappa shape index (κ3) is 4.49. The molecule has 1 amide bonds. The summed E-state index contributed by atoms with van der Waals surface area (Å²) in [4.78, 5) is 14.8. The summed E-state index contributed by atoms with van der Waals surface area (Å²) >= 11 is 0. The standard InChI is InChI=1S/C24H18F3N5O3/c1-14(24(25,26)27)35-20-8-5-16(10-29)22(34-2)21(20)23(33)31-11-17-12-32(30-19(17)13-31)18-6-3-15(9-28)4-7-18/h3-8,12,14H,11,13H2,1-2H3/t14-/m0/s1. The van der Waals surface area contributed by atoms with Crippen molar-refractivity contribution in [2.24, 2.45) is 0 Å². The Labute approximate surface area is 198 Å². The summed E-state index contributed by atoms with van der Waals surface area (Å²) in [6, 6.07) is 13.1. The third-order valence-electron chi connectivity index (χ3n) is 5.55. The van der Waals surface area contributed by atoms with Gasteiger partial charge < -0.3 is 14.4 Å². The topological polar surface area (TPSA) is 104 Å². The van der Waals surface area contributed by atoms with Gasteiger partial charge in [-0.05, 0) is 43.3 Å². The van der Waals surface area contributed by atoms with Crippen LogP contribution in [0.1, 0.15) is 39.7 Å². The number of carbonyl (C=O) groups excluding carboxylic acids is 1. The first kappa shape index (κ1) is 23.6. The normalized spacial score (nSPS) is 13.5. The van der Waals surface area contributed by atoms with E-state index in [1.165, 1.54) is 18.1 Å². The van der Waals surface area contributed by atoms with Crippen LogP contribution in [0, 0.1) is 22.7 Å². The Morgan fingerprint density at radius 1 is 1.11 bits per heavy atom. The molecule has 0 saturated heterocycles. The summed E-state index contributed by atoms with van der Waals surface area (Å²) in [5, 5.41) is 22.8. The molecule has 178 valence electrons. The van der Waals surface area contributed by atoms with Gasteiger partial charge in [0, 0.05) is 18.3 Å². The molecule has 2 aromatic carbocycles. The average molecular weight is 481 g/mol. The second kappa shape index (κ2) is 9.03. The molecule has 35 heavy (non-hydrogen) atoms. The largest absolute Gasteiger partial charge is 0.494 e. The van der Waals surface area contributed by atoms with E-state index in [0.29, 0.717) is 11.3 Å². The lowest BCUT2D eigenvalue weighted by Crippen LogP contribution is -2.33. The molecule has 11 heteroatoms. The molecule has 1 atom stereocenters. The Bertz CT molecular complexity index is 1340. The van der Waals surface area contributed by atoms with Gasteiger partial charge in [0.15, 0.2) is 11.9 Å². The molecule has 1 aromatic heterocycles. The van der Waals surface area contributed by atoms with Gasteiger partial charge in [0.2, 0.25) is 0 Å². The van der Waals surface area contributed by atoms with Gasteiger partial charge in [-0.15, -0.1) is 0 Å². The number of aromatic nitrogens is 2. The Morgan fingerprint density at radius 2 is 1.83 bits per heavy atom. The van der Waals surface area contributed by atoms with E-state index in [1.807, 2.05) is 12.1 Å². The minimum absolute atomic E-state index is 0.00852. The predicted octanol–water partition coefficient (Wildman–Crippen LogP) is 4.11. The monoisotopic (exact) mass is 481 g/mol. The number of hydrogen-bond acceptors (Lipinski definition) is 6. The van der Waals surface area contributed by atoms with Gasteiger partial charge in [0.05, 0.1) is 42.2 Å². The fourth-order valence-electron chi connectivity index (χ4n) is 3.70. The maximum absolute atomic E-state index is 13.4. The number of ether oxygens (including phenoxy) is 2. The fraction of sp³-hybridized carbons (Fsp3) is 0.250. The van der Waals surface area contributed by atoms with Crippen LogP contribution in [-0.2, 0) is 13.1 Å². The molecule has 0 spiro atoms. The number of nitrogens with zero attached hydrogens (tertiary/aromatic N) is 5. The predicted molar refractivity (Wildman–Crippen MR) is 116 cm³/mol. The maximum atomic E-state index is 13.4. The lowest BCUT2D eigenvalue weighted by Gasteiger charge is -2.23. The molecule has 2 heterocycles. The quantitative estimate of drug-likeness (QED) is 0.543. The van der Waals surface area contributed by atoms with Gasteiger partial charge in [-0.25, -0.2) is 4.68 Å². The minimum Gasteiger partial charge on any atom is -0.494 e. The molecule has 0 fully saturated rings. The van der Waals surface area contributed by atoms with Crippen molar-refractivity contribution in [3.63, 3.8) is 0 Å². The molecule has 0 N–H and O–H groups in total. The Balaban J connectivity index is 1.63. The summed E-state index contributed by atoms with van der Waals surface area (Å²) in [6.45, 7) is 1.08. The van der Waals surface area contributed by atoms with Gasteiger partial charge in [-0.1, -0.05) is 0 Å². The van der Waals surface area contributed by atoms with Crippen LogP contribution < -0.4 is 9.47 Å². The summed E-state index contributed by atoms with van der Waals surface area (Å²) in [5.41, 5.74) is 2.35. The van der Waals surface area contributed by atoms with E-state index in [1.54, 1.807) is 35.1 Å². The number of rotatable bonds is 5. The van der Waals surface area contributed by atoms with E-state index in [4.69, 9.17) is 14.7 Å². The maximum Gasteiger partial charge on any atom is 0.425 e. The zero-order chi connectivity index (χ0) is 25.3. The summed E-state index contributed by atoms with van der Waals surface area (Å²) in [6.07, 6.45) is -5.09. The highest BCUT2D eigenvalue weighted by Crippen LogP contribution is 2.37. The zero-order valence-electron chi connectivity index (χ0n) is 18.6. The fourth-order valence-corrected chi connectivity index (χ4v) is 3.70. The molecule has 0 bridgehead atoms. The number of halogens is 3. The van der Waals surface area contributed by atoms with E-state index in [-0.39, 0.29) is 35.7 Å². The second-order valence-corrected chi connectivity index (χ2v) is 7.80. The molecule has 0 saturated carbocycles. The van der Waals surface area contributed by atoms with Crippen LogP contribution in [-0.4, -0.2) is 40.0 Å². The highest BCUT2D eigenvalue weighted by molar-refractivity contribution is 6.00. The molecule has 0 radical (unpaired) electrons. The zero-order valence-corrected chi connectivity index (χ0v) is 18.6. The van der Waals surface area contributed by atoms with Crippen LogP contribution in [0.5, 0.6) is 11.5 Å². The number of benzene rings is 2. The van der Waals surface area contributed by atoms with Crippen molar-refractivity contribution in [2.45, 2.75) is 32.3 Å². The number of amides is 1. The molecular formula is C24H18F3N5O3. The van der Waals surface area contributed by atoms with Crippen molar-refractivity contribution in [1.82, 2.24) is 14.7 Å². The minimum atomic E-state index is -4.65. The molecule has 1 aliphatic rings. The van der Waals surface area contributed by atoms with Gasteiger partial charge in [0.1, 0.15) is 17.4 Å². The smallest absolute Gasteiger partial charge is 0.425 e. The van der Waals surface area contributed by atoms with Gasteiger partial charge in [0.25, 0.3) is 5.91 Å². The number of hydrogen-bond donors (Lipinski definition) is 0. The van der Waals surface area contributed by atoms with Crippen molar-refractivity contribution in [3.05, 3.63) is 70.5 Å². The Kier molecular flexibility index (Phi) is 6.10. The highest BCUT2D eigenvalue weighted by atomic mass is 19.4. The first-order valence-electron chi connectivity index (χ1n) is 10.4. The third-order valence-corrected chi connectivity index (χ3v) is 5.55. The second-order valence-electron chi connectivity index (χ2n) is 7.80. The van der Waals surface area contributed by atoms with Crippen LogP contribution >= 0.6 is 0 Å². The lowest BCUT2D eigenvalue weighted by molar-refractivity contribution is -0.189. The van der Waals surface area contributed by atoms with Gasteiger partial charge >= 0.3 is 6.18 Å². The van der Waals surface area contributed by atoms with Crippen LogP contribution in [0.4, 0.5) is 13.2 Å². The molecule has 4 rings (SSSR count). The molecule has 8 nitrogen and oxygen atoms in total. The number of nitriles is 2. The molecule has 0 unspecified atom stereocenters. The van der Waals surface area contributed by atoms with Crippen molar-refractivity contribution < 1.29 is 27.4 Å². The van der Waals surface area contributed by atoms with Crippen molar-refractivity contribution in [1.29, 1.82) is 10.5 Å².